The van der Waals surface area contributed by atoms with Crippen LogP contribution in [0.2, 0.25) is 0 Å². The summed E-state index contributed by atoms with van der Waals surface area (Å²) in [6.45, 7) is 5.33. The van der Waals surface area contributed by atoms with Crippen molar-refractivity contribution in [1.29, 1.82) is 0 Å². The highest BCUT2D eigenvalue weighted by molar-refractivity contribution is 6.08. The van der Waals surface area contributed by atoms with Crippen molar-refractivity contribution in [1.82, 2.24) is 0 Å². The van der Waals surface area contributed by atoms with Crippen LogP contribution in [0.5, 0.6) is 5.75 Å². The molecule has 22 heavy (non-hydrogen) atoms. The highest BCUT2D eigenvalue weighted by atomic mass is 16.5. The van der Waals surface area contributed by atoms with E-state index >= 15 is 0 Å². The first-order valence-electron chi connectivity index (χ1n) is 7.84. The predicted molar refractivity (Wildman–Crippen MR) is 88.8 cm³/mol. The number of hydrogen-bond acceptors (Lipinski definition) is 2. The maximum Gasteiger partial charge on any atom is 0.262 e. The molecule has 0 N–H and O–H groups in total. The minimum Gasteiger partial charge on any atom is -0.493 e. The molecule has 0 unspecified atom stereocenters. The third kappa shape index (κ3) is 2.71. The number of anilines is 1. The van der Waals surface area contributed by atoms with Crippen LogP contribution in [0.3, 0.4) is 0 Å². The van der Waals surface area contributed by atoms with Gasteiger partial charge in [-0.05, 0) is 50.5 Å². The van der Waals surface area contributed by atoms with Crippen LogP contribution < -0.4 is 9.64 Å². The molecule has 0 spiro atoms. The van der Waals surface area contributed by atoms with Crippen molar-refractivity contribution in [2.24, 2.45) is 0 Å². The van der Waals surface area contributed by atoms with Crippen molar-refractivity contribution >= 4 is 11.6 Å². The van der Waals surface area contributed by atoms with Crippen LogP contribution >= 0.6 is 0 Å². The molecule has 0 saturated carbocycles. The lowest BCUT2D eigenvalue weighted by molar-refractivity contribution is 0.0981. The van der Waals surface area contributed by atoms with Crippen molar-refractivity contribution in [3.05, 3.63) is 59.2 Å². The van der Waals surface area contributed by atoms with Crippen LogP contribution in [-0.2, 0) is 6.42 Å². The SMILES string of the molecule is CCOc1ccccc1C(=O)N1CCCc2cc(C)ccc21. The average molecular weight is 295 g/mol. The average Bonchev–Trinajstić information content (AvgIpc) is 2.54. The molecule has 0 aromatic heterocycles. The number of nitrogens with zero attached hydrogens (tertiary/aromatic N) is 1. The second kappa shape index (κ2) is 6.22. The molecule has 2 aromatic carbocycles. The molecular formula is C19H21NO2. The monoisotopic (exact) mass is 295 g/mol. The summed E-state index contributed by atoms with van der Waals surface area (Å²) in [5.74, 6) is 0.683. The Morgan fingerprint density at radius 1 is 1.23 bits per heavy atom. The second-order valence-corrected chi connectivity index (χ2v) is 5.62. The van der Waals surface area contributed by atoms with E-state index in [2.05, 4.69) is 25.1 Å². The Kier molecular flexibility index (Phi) is 4.14. The third-order valence-electron chi connectivity index (χ3n) is 4.02. The Hall–Kier alpha value is -2.29. The number of para-hydroxylation sites is 1. The molecule has 114 valence electrons. The van der Waals surface area contributed by atoms with Gasteiger partial charge in [0.15, 0.2) is 0 Å². The molecule has 3 rings (SSSR count). The summed E-state index contributed by atoms with van der Waals surface area (Å²) in [4.78, 5) is 14.9. The van der Waals surface area contributed by atoms with Gasteiger partial charge in [-0.1, -0.05) is 29.8 Å². The van der Waals surface area contributed by atoms with E-state index in [1.54, 1.807) is 0 Å². The van der Waals surface area contributed by atoms with Gasteiger partial charge in [-0.2, -0.15) is 0 Å². The Bertz CT molecular complexity index is 694. The van der Waals surface area contributed by atoms with E-state index < -0.39 is 0 Å². The highest BCUT2D eigenvalue weighted by Gasteiger charge is 2.25. The van der Waals surface area contributed by atoms with Gasteiger partial charge >= 0.3 is 0 Å². The van der Waals surface area contributed by atoms with E-state index in [-0.39, 0.29) is 5.91 Å². The van der Waals surface area contributed by atoms with Crippen LogP contribution in [-0.4, -0.2) is 19.1 Å². The van der Waals surface area contributed by atoms with Gasteiger partial charge < -0.3 is 9.64 Å². The zero-order valence-electron chi connectivity index (χ0n) is 13.1. The Morgan fingerprint density at radius 2 is 2.05 bits per heavy atom. The third-order valence-corrected chi connectivity index (χ3v) is 4.02. The summed E-state index contributed by atoms with van der Waals surface area (Å²) in [6.07, 6.45) is 2.03. The minimum atomic E-state index is 0.0221. The van der Waals surface area contributed by atoms with E-state index in [0.717, 1.165) is 25.1 Å². The molecule has 1 aliphatic rings. The summed E-state index contributed by atoms with van der Waals surface area (Å²) in [6, 6.07) is 13.8. The van der Waals surface area contributed by atoms with Crippen molar-refractivity contribution in [3.8, 4) is 5.75 Å². The molecule has 1 amide bonds. The summed E-state index contributed by atoms with van der Waals surface area (Å²) in [5, 5.41) is 0. The van der Waals surface area contributed by atoms with Crippen molar-refractivity contribution in [3.63, 3.8) is 0 Å². The first-order chi connectivity index (χ1) is 10.7. The van der Waals surface area contributed by atoms with Crippen LogP contribution in [0.4, 0.5) is 5.69 Å². The minimum absolute atomic E-state index is 0.0221. The smallest absolute Gasteiger partial charge is 0.262 e. The summed E-state index contributed by atoms with van der Waals surface area (Å²) < 4.78 is 5.61. The standard InChI is InChI=1S/C19H21NO2/c1-3-22-18-9-5-4-8-16(18)19(21)20-12-6-7-15-13-14(2)10-11-17(15)20/h4-5,8-11,13H,3,6-7,12H2,1-2H3. The van der Waals surface area contributed by atoms with Crippen molar-refractivity contribution in [2.45, 2.75) is 26.7 Å². The van der Waals surface area contributed by atoms with Crippen LogP contribution in [0, 0.1) is 6.92 Å². The molecule has 0 bridgehead atoms. The fraction of sp³-hybridized carbons (Fsp3) is 0.316. The van der Waals surface area contributed by atoms with Gasteiger partial charge in [0.1, 0.15) is 5.75 Å². The molecular weight excluding hydrogens is 274 g/mol. The van der Waals surface area contributed by atoms with E-state index in [9.17, 15) is 4.79 Å². The Morgan fingerprint density at radius 3 is 2.86 bits per heavy atom. The van der Waals surface area contributed by atoms with Gasteiger partial charge in [0, 0.05) is 12.2 Å². The maximum atomic E-state index is 13.0. The number of amides is 1. The van der Waals surface area contributed by atoms with Crippen LogP contribution in [0.1, 0.15) is 34.8 Å². The number of ether oxygens (including phenoxy) is 1. The quantitative estimate of drug-likeness (QED) is 0.857. The molecule has 0 aliphatic carbocycles. The predicted octanol–water partition coefficient (Wildman–Crippen LogP) is 3.99. The lowest BCUT2D eigenvalue weighted by Gasteiger charge is -2.30. The van der Waals surface area contributed by atoms with E-state index in [1.807, 2.05) is 36.1 Å². The molecule has 3 heteroatoms. The maximum absolute atomic E-state index is 13.0. The van der Waals surface area contributed by atoms with E-state index in [4.69, 9.17) is 4.74 Å². The zero-order chi connectivity index (χ0) is 15.5. The molecule has 0 fully saturated rings. The van der Waals surface area contributed by atoms with Crippen LogP contribution in [0.15, 0.2) is 42.5 Å². The van der Waals surface area contributed by atoms with Gasteiger partial charge in [0.25, 0.3) is 5.91 Å². The number of carbonyl (C=O) groups excluding carboxylic acids is 1. The summed E-state index contributed by atoms with van der Waals surface area (Å²) in [5.41, 5.74) is 4.17. The lowest BCUT2D eigenvalue weighted by Crippen LogP contribution is -2.35. The Balaban J connectivity index is 1.98. The largest absolute Gasteiger partial charge is 0.493 e. The number of carbonyl (C=O) groups is 1. The molecule has 1 aliphatic heterocycles. The molecule has 2 aromatic rings. The molecule has 0 atom stereocenters. The molecule has 3 nitrogen and oxygen atoms in total. The van der Waals surface area contributed by atoms with E-state index in [1.165, 1.54) is 11.1 Å². The normalized spacial score (nSPS) is 13.6. The fourth-order valence-electron chi connectivity index (χ4n) is 3.01. The zero-order valence-corrected chi connectivity index (χ0v) is 13.1. The summed E-state index contributed by atoms with van der Waals surface area (Å²) >= 11 is 0. The number of benzene rings is 2. The van der Waals surface area contributed by atoms with E-state index in [0.29, 0.717) is 17.9 Å². The van der Waals surface area contributed by atoms with Gasteiger partial charge in [-0.25, -0.2) is 0 Å². The van der Waals surface area contributed by atoms with Crippen LogP contribution in [0.25, 0.3) is 0 Å². The van der Waals surface area contributed by atoms with Gasteiger partial charge in [0.05, 0.1) is 12.2 Å². The molecule has 0 radical (unpaired) electrons. The number of aryl methyl sites for hydroxylation is 2. The lowest BCUT2D eigenvalue weighted by atomic mass is 9.98. The highest BCUT2D eigenvalue weighted by Crippen LogP contribution is 2.31. The van der Waals surface area contributed by atoms with Gasteiger partial charge in [-0.3, -0.25) is 4.79 Å². The first-order valence-corrected chi connectivity index (χ1v) is 7.84. The number of hydrogen-bond donors (Lipinski definition) is 0. The first kappa shape index (κ1) is 14.6. The number of fused-ring (bicyclic) bond motifs is 1. The van der Waals surface area contributed by atoms with Crippen molar-refractivity contribution in [2.75, 3.05) is 18.1 Å². The van der Waals surface area contributed by atoms with Gasteiger partial charge in [0.2, 0.25) is 0 Å². The second-order valence-electron chi connectivity index (χ2n) is 5.62. The topological polar surface area (TPSA) is 29.5 Å². The summed E-state index contributed by atoms with van der Waals surface area (Å²) in [7, 11) is 0. The fourth-order valence-corrected chi connectivity index (χ4v) is 3.01. The van der Waals surface area contributed by atoms with Crippen molar-refractivity contribution < 1.29 is 9.53 Å². The van der Waals surface area contributed by atoms with Gasteiger partial charge in [-0.15, -0.1) is 0 Å². The Labute approximate surface area is 131 Å². The molecule has 1 heterocycles. The molecule has 0 saturated heterocycles. The number of rotatable bonds is 3.